The van der Waals surface area contributed by atoms with Crippen LogP contribution in [0.3, 0.4) is 0 Å². The molecule has 54 valence electrons. The zero-order chi connectivity index (χ0) is 6.69. The molecule has 0 unspecified atom stereocenters. The maximum atomic E-state index is 3.52. The monoisotopic (exact) mass is 127 g/mol. The first-order valence-electron chi connectivity index (χ1n) is 4.08. The van der Waals surface area contributed by atoms with Gasteiger partial charge in [-0.15, -0.1) is 0 Å². The lowest BCUT2D eigenvalue weighted by Gasteiger charge is -2.28. The van der Waals surface area contributed by atoms with Crippen LogP contribution < -0.4 is 5.32 Å². The molecule has 0 aromatic rings. The first-order valence-corrected chi connectivity index (χ1v) is 4.08. The maximum Gasteiger partial charge on any atom is 0.00900 e. The van der Waals surface area contributed by atoms with Crippen LogP contribution >= 0.6 is 0 Å². The van der Waals surface area contributed by atoms with Crippen molar-refractivity contribution in [2.75, 3.05) is 6.54 Å². The Morgan fingerprint density at radius 2 is 2.33 bits per heavy atom. The fraction of sp³-hybridized carbons (Fsp3) is 1.00. The van der Waals surface area contributed by atoms with Crippen LogP contribution in [0.25, 0.3) is 0 Å². The van der Waals surface area contributed by atoms with Crippen molar-refractivity contribution in [2.24, 2.45) is 5.92 Å². The van der Waals surface area contributed by atoms with Gasteiger partial charge in [-0.25, -0.2) is 0 Å². The number of rotatable bonds is 1. The normalized spacial score (nSPS) is 36.7. The summed E-state index contributed by atoms with van der Waals surface area (Å²) in [7, 11) is 0. The van der Waals surface area contributed by atoms with Gasteiger partial charge in [-0.1, -0.05) is 13.8 Å². The highest BCUT2D eigenvalue weighted by atomic mass is 14.9. The summed E-state index contributed by atoms with van der Waals surface area (Å²) < 4.78 is 0. The molecule has 0 bridgehead atoms. The van der Waals surface area contributed by atoms with E-state index in [9.17, 15) is 0 Å². The summed E-state index contributed by atoms with van der Waals surface area (Å²) in [6.07, 6.45) is 4.09. The van der Waals surface area contributed by atoms with Crippen LogP contribution in [0.5, 0.6) is 0 Å². The van der Waals surface area contributed by atoms with E-state index in [1.807, 2.05) is 0 Å². The van der Waals surface area contributed by atoms with Crippen molar-refractivity contribution in [1.29, 1.82) is 0 Å². The summed E-state index contributed by atoms with van der Waals surface area (Å²) >= 11 is 0. The Morgan fingerprint density at radius 1 is 1.56 bits per heavy atom. The quantitative estimate of drug-likeness (QED) is 0.566. The van der Waals surface area contributed by atoms with Crippen LogP contribution in [0.1, 0.15) is 33.1 Å². The van der Waals surface area contributed by atoms with E-state index in [0.29, 0.717) is 0 Å². The van der Waals surface area contributed by atoms with E-state index < -0.39 is 0 Å². The van der Waals surface area contributed by atoms with E-state index in [4.69, 9.17) is 0 Å². The van der Waals surface area contributed by atoms with Gasteiger partial charge in [0.15, 0.2) is 0 Å². The van der Waals surface area contributed by atoms with Crippen molar-refractivity contribution in [3.05, 3.63) is 0 Å². The van der Waals surface area contributed by atoms with Gasteiger partial charge in [-0.3, -0.25) is 0 Å². The molecule has 0 spiro atoms. The molecule has 0 amide bonds. The zero-order valence-corrected chi connectivity index (χ0v) is 6.48. The molecular formula is C8H17N. The highest BCUT2D eigenvalue weighted by Crippen LogP contribution is 2.16. The Labute approximate surface area is 57.8 Å². The Morgan fingerprint density at radius 3 is 2.78 bits per heavy atom. The average molecular weight is 127 g/mol. The smallest absolute Gasteiger partial charge is 0.00900 e. The predicted octanol–water partition coefficient (Wildman–Crippen LogP) is 1.78. The molecule has 0 aliphatic carbocycles. The molecule has 1 nitrogen and oxygen atoms in total. The van der Waals surface area contributed by atoms with Crippen molar-refractivity contribution in [2.45, 2.75) is 39.2 Å². The molecule has 0 aromatic heterocycles. The Hall–Kier alpha value is -0.0400. The van der Waals surface area contributed by atoms with Crippen LogP contribution in [0, 0.1) is 5.92 Å². The molecule has 1 aliphatic heterocycles. The molecule has 1 heteroatoms. The van der Waals surface area contributed by atoms with E-state index in [0.717, 1.165) is 12.0 Å². The highest BCUT2D eigenvalue weighted by Gasteiger charge is 2.17. The molecule has 9 heavy (non-hydrogen) atoms. The molecule has 2 atom stereocenters. The molecule has 1 rings (SSSR count). The average Bonchev–Trinajstić information content (AvgIpc) is 1.89. The first kappa shape index (κ1) is 7.07. The summed E-state index contributed by atoms with van der Waals surface area (Å²) in [4.78, 5) is 0. The number of hydrogen-bond acceptors (Lipinski definition) is 1. The van der Waals surface area contributed by atoms with Gasteiger partial charge < -0.3 is 5.32 Å². The Balaban J connectivity index is 2.30. The molecule has 1 aliphatic rings. The lowest BCUT2D eigenvalue weighted by molar-refractivity contribution is 0.293. The van der Waals surface area contributed by atoms with E-state index in [-0.39, 0.29) is 0 Å². The van der Waals surface area contributed by atoms with Crippen molar-refractivity contribution in [3.8, 4) is 0 Å². The minimum Gasteiger partial charge on any atom is -0.314 e. The second-order valence-electron chi connectivity index (χ2n) is 3.09. The van der Waals surface area contributed by atoms with Gasteiger partial charge in [-0.05, 0) is 31.7 Å². The lowest BCUT2D eigenvalue weighted by atomic mass is 9.91. The molecule has 0 radical (unpaired) electrons. The molecule has 0 saturated carbocycles. The number of hydrogen-bond donors (Lipinski definition) is 1. The van der Waals surface area contributed by atoms with Gasteiger partial charge in [0.05, 0.1) is 0 Å². The SMILES string of the molecule is CC[C@@H]1NCCC[C@H]1C. The van der Waals surface area contributed by atoms with Gasteiger partial charge in [0.1, 0.15) is 0 Å². The van der Waals surface area contributed by atoms with E-state index in [1.54, 1.807) is 0 Å². The minimum atomic E-state index is 0.804. The summed E-state index contributed by atoms with van der Waals surface area (Å²) in [5.41, 5.74) is 0. The standard InChI is InChI=1S/C8H17N/c1-3-8-7(2)5-4-6-9-8/h7-9H,3-6H2,1-2H3/t7-,8+/m1/s1. The van der Waals surface area contributed by atoms with Gasteiger partial charge in [0, 0.05) is 6.04 Å². The van der Waals surface area contributed by atoms with Crippen molar-refractivity contribution < 1.29 is 0 Å². The predicted molar refractivity (Wildman–Crippen MR) is 40.5 cm³/mol. The first-order chi connectivity index (χ1) is 4.34. The third-order valence-electron chi connectivity index (χ3n) is 2.37. The Kier molecular flexibility index (Phi) is 2.52. The third-order valence-corrected chi connectivity index (χ3v) is 2.37. The molecule has 0 aromatic carbocycles. The molecule has 1 saturated heterocycles. The largest absolute Gasteiger partial charge is 0.314 e. The van der Waals surface area contributed by atoms with E-state index in [2.05, 4.69) is 19.2 Å². The van der Waals surface area contributed by atoms with Crippen LogP contribution in [-0.2, 0) is 0 Å². The zero-order valence-electron chi connectivity index (χ0n) is 6.48. The summed E-state index contributed by atoms with van der Waals surface area (Å²) in [5.74, 6) is 0.906. The fourth-order valence-electron chi connectivity index (χ4n) is 1.66. The fourth-order valence-corrected chi connectivity index (χ4v) is 1.66. The van der Waals surface area contributed by atoms with Gasteiger partial charge in [0.2, 0.25) is 0 Å². The maximum absolute atomic E-state index is 3.52. The third kappa shape index (κ3) is 1.68. The Bertz CT molecular complexity index is 80.6. The molecule has 1 heterocycles. The van der Waals surface area contributed by atoms with Crippen LogP contribution in [-0.4, -0.2) is 12.6 Å². The number of piperidine rings is 1. The van der Waals surface area contributed by atoms with E-state index in [1.165, 1.54) is 25.8 Å². The lowest BCUT2D eigenvalue weighted by Crippen LogP contribution is -2.39. The van der Waals surface area contributed by atoms with Crippen LogP contribution in [0.2, 0.25) is 0 Å². The second kappa shape index (κ2) is 3.21. The second-order valence-corrected chi connectivity index (χ2v) is 3.09. The highest BCUT2D eigenvalue weighted by molar-refractivity contribution is 4.76. The molecule has 1 N–H and O–H groups in total. The molecule has 1 fully saturated rings. The summed E-state index contributed by atoms with van der Waals surface area (Å²) in [6.45, 7) is 5.85. The summed E-state index contributed by atoms with van der Waals surface area (Å²) in [6, 6.07) is 0.804. The van der Waals surface area contributed by atoms with Crippen molar-refractivity contribution in [3.63, 3.8) is 0 Å². The van der Waals surface area contributed by atoms with Crippen LogP contribution in [0.4, 0.5) is 0 Å². The van der Waals surface area contributed by atoms with Crippen molar-refractivity contribution >= 4 is 0 Å². The van der Waals surface area contributed by atoms with Gasteiger partial charge >= 0.3 is 0 Å². The number of nitrogens with one attached hydrogen (secondary N) is 1. The van der Waals surface area contributed by atoms with Gasteiger partial charge in [0.25, 0.3) is 0 Å². The van der Waals surface area contributed by atoms with E-state index >= 15 is 0 Å². The topological polar surface area (TPSA) is 12.0 Å². The van der Waals surface area contributed by atoms with Crippen molar-refractivity contribution in [1.82, 2.24) is 5.32 Å². The van der Waals surface area contributed by atoms with Gasteiger partial charge in [-0.2, -0.15) is 0 Å². The van der Waals surface area contributed by atoms with Crippen LogP contribution in [0.15, 0.2) is 0 Å². The molecular weight excluding hydrogens is 110 g/mol. The minimum absolute atomic E-state index is 0.804. The summed E-state index contributed by atoms with van der Waals surface area (Å²) in [5, 5.41) is 3.52.